The Bertz CT molecular complexity index is 767. The topological polar surface area (TPSA) is 46.2 Å². The number of hydrogen-bond acceptors (Lipinski definition) is 2. The molecule has 4 heteroatoms. The molecule has 1 fully saturated rings. The van der Waals surface area contributed by atoms with E-state index in [0.717, 1.165) is 19.3 Å². The molecule has 0 radical (unpaired) electrons. The molecule has 3 nitrogen and oxygen atoms in total. The summed E-state index contributed by atoms with van der Waals surface area (Å²) in [5.74, 6) is 0.267. The van der Waals surface area contributed by atoms with E-state index in [4.69, 9.17) is 0 Å². The Morgan fingerprint density at radius 3 is 2.17 bits per heavy atom. The molecule has 1 N–H and O–H groups in total. The molecule has 2 aromatic rings. The number of benzene rings is 2. The SMILES string of the molecule is CC(C)S(=O)(=O)N[C@H]1CCC[C@@H]1c1ccc(-c2ccccc2)cc1. The van der Waals surface area contributed by atoms with E-state index in [-0.39, 0.29) is 17.2 Å². The summed E-state index contributed by atoms with van der Waals surface area (Å²) in [6.45, 7) is 3.45. The van der Waals surface area contributed by atoms with Crippen LogP contribution >= 0.6 is 0 Å². The van der Waals surface area contributed by atoms with Gasteiger partial charge in [-0.25, -0.2) is 13.1 Å². The zero-order valence-corrected chi connectivity index (χ0v) is 15.1. The maximum atomic E-state index is 12.2. The van der Waals surface area contributed by atoms with E-state index in [0.29, 0.717) is 0 Å². The van der Waals surface area contributed by atoms with Crippen molar-refractivity contribution in [2.24, 2.45) is 0 Å². The Morgan fingerprint density at radius 1 is 0.917 bits per heavy atom. The lowest BCUT2D eigenvalue weighted by atomic mass is 9.93. The molecule has 0 heterocycles. The van der Waals surface area contributed by atoms with Crippen molar-refractivity contribution in [3.63, 3.8) is 0 Å². The van der Waals surface area contributed by atoms with Crippen LogP contribution in [0.5, 0.6) is 0 Å². The van der Waals surface area contributed by atoms with Crippen molar-refractivity contribution >= 4 is 10.0 Å². The van der Waals surface area contributed by atoms with E-state index < -0.39 is 10.0 Å². The normalized spacial score (nSPS) is 21.3. The van der Waals surface area contributed by atoms with Crippen molar-refractivity contribution in [2.45, 2.75) is 50.3 Å². The third-order valence-corrected chi connectivity index (χ3v) is 6.77. The second kappa shape index (κ2) is 7.08. The second-order valence-electron chi connectivity index (χ2n) is 6.84. The fraction of sp³-hybridized carbons (Fsp3) is 0.400. The Kier molecular flexibility index (Phi) is 5.07. The average molecular weight is 343 g/mol. The van der Waals surface area contributed by atoms with E-state index in [1.165, 1.54) is 16.7 Å². The van der Waals surface area contributed by atoms with Gasteiger partial charge in [-0.1, -0.05) is 61.0 Å². The van der Waals surface area contributed by atoms with Crippen LogP contribution in [0.15, 0.2) is 54.6 Å². The predicted molar refractivity (Wildman–Crippen MR) is 99.4 cm³/mol. The highest BCUT2D eigenvalue weighted by Gasteiger charge is 2.32. The van der Waals surface area contributed by atoms with Gasteiger partial charge in [0.25, 0.3) is 0 Å². The lowest BCUT2D eigenvalue weighted by molar-refractivity contribution is 0.519. The monoisotopic (exact) mass is 343 g/mol. The van der Waals surface area contributed by atoms with E-state index in [1.807, 2.05) is 18.2 Å². The molecule has 0 bridgehead atoms. The van der Waals surface area contributed by atoms with Gasteiger partial charge in [-0.3, -0.25) is 0 Å². The maximum absolute atomic E-state index is 12.2. The molecule has 0 unspecified atom stereocenters. The van der Waals surface area contributed by atoms with Gasteiger partial charge in [0.2, 0.25) is 10.0 Å². The highest BCUT2D eigenvalue weighted by atomic mass is 32.2. The summed E-state index contributed by atoms with van der Waals surface area (Å²) in [6.07, 6.45) is 3.02. The standard InChI is InChI=1S/C20H25NO2S/c1-15(2)24(22,23)21-20-10-6-9-19(20)18-13-11-17(12-14-18)16-7-4-3-5-8-16/h3-5,7-8,11-15,19-21H,6,9-10H2,1-2H3/t19-,20+/m1/s1. The van der Waals surface area contributed by atoms with Gasteiger partial charge in [-0.05, 0) is 43.4 Å². The van der Waals surface area contributed by atoms with Crippen LogP contribution in [0.4, 0.5) is 0 Å². The van der Waals surface area contributed by atoms with Crippen molar-refractivity contribution < 1.29 is 8.42 Å². The van der Waals surface area contributed by atoms with Gasteiger partial charge in [0.05, 0.1) is 5.25 Å². The molecule has 2 aromatic carbocycles. The van der Waals surface area contributed by atoms with Gasteiger partial charge in [-0.15, -0.1) is 0 Å². The number of sulfonamides is 1. The zero-order chi connectivity index (χ0) is 17.2. The molecule has 1 saturated carbocycles. The van der Waals surface area contributed by atoms with Crippen molar-refractivity contribution in [2.75, 3.05) is 0 Å². The fourth-order valence-electron chi connectivity index (χ4n) is 3.40. The number of rotatable bonds is 5. The minimum atomic E-state index is -3.22. The van der Waals surface area contributed by atoms with Crippen LogP contribution in [0.25, 0.3) is 11.1 Å². The Labute approximate surface area is 145 Å². The smallest absolute Gasteiger partial charge is 0.212 e. The second-order valence-corrected chi connectivity index (χ2v) is 9.11. The summed E-state index contributed by atoms with van der Waals surface area (Å²) in [5.41, 5.74) is 3.62. The molecule has 0 spiro atoms. The van der Waals surface area contributed by atoms with Gasteiger partial charge < -0.3 is 0 Å². The van der Waals surface area contributed by atoms with Crippen LogP contribution in [0.3, 0.4) is 0 Å². The van der Waals surface area contributed by atoms with Crippen molar-refractivity contribution in [1.29, 1.82) is 0 Å². The quantitative estimate of drug-likeness (QED) is 0.879. The van der Waals surface area contributed by atoms with Gasteiger partial charge in [-0.2, -0.15) is 0 Å². The minimum Gasteiger partial charge on any atom is -0.212 e. The van der Waals surface area contributed by atoms with Crippen molar-refractivity contribution in [1.82, 2.24) is 4.72 Å². The summed E-state index contributed by atoms with van der Waals surface area (Å²) in [6, 6.07) is 18.9. The molecule has 0 aliphatic heterocycles. The summed E-state index contributed by atoms with van der Waals surface area (Å²) < 4.78 is 27.3. The predicted octanol–water partition coefficient (Wildman–Crippen LogP) is 4.32. The highest BCUT2D eigenvalue weighted by Crippen LogP contribution is 2.36. The Balaban J connectivity index is 1.78. The lowest BCUT2D eigenvalue weighted by Gasteiger charge is -2.22. The van der Waals surface area contributed by atoms with Gasteiger partial charge in [0.1, 0.15) is 0 Å². The molecular formula is C20H25NO2S. The van der Waals surface area contributed by atoms with E-state index >= 15 is 0 Å². The summed E-state index contributed by atoms with van der Waals surface area (Å²) in [5, 5.41) is -0.390. The van der Waals surface area contributed by atoms with Crippen molar-refractivity contribution in [3.05, 3.63) is 60.2 Å². The highest BCUT2D eigenvalue weighted by molar-refractivity contribution is 7.90. The van der Waals surface area contributed by atoms with Crippen LogP contribution in [-0.2, 0) is 10.0 Å². The fourth-order valence-corrected chi connectivity index (χ4v) is 4.38. The maximum Gasteiger partial charge on any atom is 0.214 e. The van der Waals surface area contributed by atoms with Crippen LogP contribution in [-0.4, -0.2) is 19.7 Å². The van der Waals surface area contributed by atoms with Crippen LogP contribution in [0.1, 0.15) is 44.6 Å². The largest absolute Gasteiger partial charge is 0.214 e. The first-order chi connectivity index (χ1) is 11.5. The molecule has 0 saturated heterocycles. The first-order valence-electron chi connectivity index (χ1n) is 8.64. The molecule has 3 rings (SSSR count). The van der Waals surface area contributed by atoms with Gasteiger partial charge in [0, 0.05) is 12.0 Å². The lowest BCUT2D eigenvalue weighted by Crippen LogP contribution is -2.40. The van der Waals surface area contributed by atoms with Crippen LogP contribution in [0, 0.1) is 0 Å². The molecule has 1 aliphatic carbocycles. The van der Waals surface area contributed by atoms with E-state index in [2.05, 4.69) is 41.1 Å². The number of nitrogens with one attached hydrogen (secondary N) is 1. The average Bonchev–Trinajstić information content (AvgIpc) is 3.03. The first kappa shape index (κ1) is 17.2. The molecule has 128 valence electrons. The zero-order valence-electron chi connectivity index (χ0n) is 14.3. The molecule has 1 aliphatic rings. The summed E-state index contributed by atoms with van der Waals surface area (Å²) >= 11 is 0. The third-order valence-electron chi connectivity index (χ3n) is 4.90. The number of hydrogen-bond donors (Lipinski definition) is 1. The molecule has 2 atom stereocenters. The summed E-state index contributed by atoms with van der Waals surface area (Å²) in [4.78, 5) is 0. The first-order valence-corrected chi connectivity index (χ1v) is 10.2. The van der Waals surface area contributed by atoms with Crippen LogP contribution in [0.2, 0.25) is 0 Å². The molecular weight excluding hydrogens is 318 g/mol. The van der Waals surface area contributed by atoms with E-state index in [1.54, 1.807) is 13.8 Å². The van der Waals surface area contributed by atoms with Crippen LogP contribution < -0.4 is 4.72 Å². The van der Waals surface area contributed by atoms with Gasteiger partial charge in [0.15, 0.2) is 0 Å². The molecule has 0 amide bonds. The summed E-state index contributed by atoms with van der Waals surface area (Å²) in [7, 11) is -3.22. The van der Waals surface area contributed by atoms with Crippen molar-refractivity contribution in [3.8, 4) is 11.1 Å². The third kappa shape index (κ3) is 3.70. The van der Waals surface area contributed by atoms with E-state index in [9.17, 15) is 8.42 Å². The molecule has 24 heavy (non-hydrogen) atoms. The van der Waals surface area contributed by atoms with Gasteiger partial charge >= 0.3 is 0 Å². The minimum absolute atomic E-state index is 0.0139. The molecule has 0 aromatic heterocycles. The Hall–Kier alpha value is -1.65. The Morgan fingerprint density at radius 2 is 1.54 bits per heavy atom.